The van der Waals surface area contributed by atoms with Gasteiger partial charge in [-0.05, 0) is 57.4 Å². The zero-order chi connectivity index (χ0) is 22.9. The zero-order valence-electron chi connectivity index (χ0n) is 19.7. The van der Waals surface area contributed by atoms with Gasteiger partial charge in [-0.1, -0.05) is 25.1 Å². The third kappa shape index (κ3) is 6.33. The molecule has 0 bridgehead atoms. The second-order valence-electron chi connectivity index (χ2n) is 7.87. The van der Waals surface area contributed by atoms with Crippen LogP contribution in [0.25, 0.3) is 5.82 Å². The summed E-state index contributed by atoms with van der Waals surface area (Å²) in [6, 6.07) is 10.4. The largest absolute Gasteiger partial charge is 0.490 e. The highest BCUT2D eigenvalue weighted by Gasteiger charge is 2.09. The summed E-state index contributed by atoms with van der Waals surface area (Å²) in [5.74, 6) is 3.45. The number of hydrogen-bond donors (Lipinski definition) is 2. The van der Waals surface area contributed by atoms with Crippen molar-refractivity contribution in [2.24, 2.45) is 4.99 Å². The quantitative estimate of drug-likeness (QED) is 0.388. The number of benzene rings is 1. The number of imidazole rings is 1. The first kappa shape index (κ1) is 23.3. The number of aliphatic imine (C=N–C) groups is 1. The summed E-state index contributed by atoms with van der Waals surface area (Å²) < 4.78 is 8.09. The standard InChI is InChI=1S/C25H34N6O/c1-6-19(4)32-23-14-18(3)8-10-22(23)17-30-25(26-7-2)29-16-21-9-11-24(28-15-21)31-13-12-27-20(31)5/h8-15,19H,6-7,16-17H2,1-5H3,(H2,26,29,30). The van der Waals surface area contributed by atoms with Gasteiger partial charge in [0.1, 0.15) is 17.4 Å². The molecule has 0 aliphatic carbocycles. The van der Waals surface area contributed by atoms with Crippen molar-refractivity contribution < 1.29 is 4.74 Å². The number of nitrogens with zero attached hydrogens (tertiary/aromatic N) is 4. The Kier molecular flexibility index (Phi) is 8.25. The number of hydrogen-bond acceptors (Lipinski definition) is 4. The van der Waals surface area contributed by atoms with Crippen molar-refractivity contribution in [3.63, 3.8) is 0 Å². The number of pyridine rings is 1. The zero-order valence-corrected chi connectivity index (χ0v) is 19.7. The first-order chi connectivity index (χ1) is 15.5. The molecule has 0 fully saturated rings. The van der Waals surface area contributed by atoms with E-state index in [1.165, 1.54) is 5.56 Å². The average molecular weight is 435 g/mol. The molecule has 7 nitrogen and oxygen atoms in total. The SMILES string of the molecule is CCNC(=NCc1ccc(-n2ccnc2C)nc1)NCc1ccc(C)cc1OC(C)CC. The Morgan fingerprint density at radius 2 is 1.97 bits per heavy atom. The van der Waals surface area contributed by atoms with Crippen LogP contribution < -0.4 is 15.4 Å². The van der Waals surface area contributed by atoms with E-state index in [9.17, 15) is 0 Å². The Morgan fingerprint density at radius 3 is 2.62 bits per heavy atom. The van der Waals surface area contributed by atoms with Crippen LogP contribution in [0, 0.1) is 13.8 Å². The summed E-state index contributed by atoms with van der Waals surface area (Å²) in [6.07, 6.45) is 6.70. The summed E-state index contributed by atoms with van der Waals surface area (Å²) >= 11 is 0. The van der Waals surface area contributed by atoms with Crippen LogP contribution in [-0.4, -0.2) is 33.1 Å². The third-order valence-electron chi connectivity index (χ3n) is 5.22. The Hall–Kier alpha value is -3.35. The molecule has 7 heteroatoms. The van der Waals surface area contributed by atoms with Crippen LogP contribution >= 0.6 is 0 Å². The molecule has 0 radical (unpaired) electrons. The molecule has 3 rings (SSSR count). The van der Waals surface area contributed by atoms with Gasteiger partial charge in [0.15, 0.2) is 5.96 Å². The highest BCUT2D eigenvalue weighted by molar-refractivity contribution is 5.79. The Bertz CT molecular complexity index is 1030. The van der Waals surface area contributed by atoms with Gasteiger partial charge in [-0.2, -0.15) is 0 Å². The van der Waals surface area contributed by atoms with E-state index < -0.39 is 0 Å². The number of guanidine groups is 1. The molecule has 3 aromatic rings. The Labute approximate surface area is 191 Å². The van der Waals surface area contributed by atoms with Gasteiger partial charge in [-0.25, -0.2) is 15.0 Å². The fourth-order valence-electron chi connectivity index (χ4n) is 3.18. The minimum atomic E-state index is 0.180. The summed E-state index contributed by atoms with van der Waals surface area (Å²) in [6.45, 7) is 12.3. The molecule has 1 aromatic carbocycles. The van der Waals surface area contributed by atoms with Crippen molar-refractivity contribution in [2.75, 3.05) is 6.54 Å². The topological polar surface area (TPSA) is 76.4 Å². The molecule has 0 aliphatic heterocycles. The van der Waals surface area contributed by atoms with Gasteiger partial charge in [0.05, 0.1) is 12.6 Å². The lowest BCUT2D eigenvalue weighted by atomic mass is 10.1. The van der Waals surface area contributed by atoms with E-state index in [1.54, 1.807) is 6.20 Å². The van der Waals surface area contributed by atoms with Crippen LogP contribution in [0.5, 0.6) is 5.75 Å². The van der Waals surface area contributed by atoms with Crippen molar-refractivity contribution in [1.29, 1.82) is 0 Å². The summed E-state index contributed by atoms with van der Waals surface area (Å²) in [5.41, 5.74) is 3.34. The maximum absolute atomic E-state index is 6.13. The van der Waals surface area contributed by atoms with Crippen molar-refractivity contribution in [1.82, 2.24) is 25.2 Å². The Morgan fingerprint density at radius 1 is 1.12 bits per heavy atom. The lowest BCUT2D eigenvalue weighted by Crippen LogP contribution is -2.37. The molecule has 2 aromatic heterocycles. The summed E-state index contributed by atoms with van der Waals surface area (Å²) in [5, 5.41) is 6.74. The highest BCUT2D eigenvalue weighted by atomic mass is 16.5. The fraction of sp³-hybridized carbons (Fsp3) is 0.400. The third-order valence-corrected chi connectivity index (χ3v) is 5.22. The molecular weight excluding hydrogens is 400 g/mol. The van der Waals surface area contributed by atoms with E-state index in [0.717, 1.165) is 47.4 Å². The molecule has 0 saturated carbocycles. The molecular formula is C25H34N6O. The first-order valence-corrected chi connectivity index (χ1v) is 11.2. The van der Waals surface area contributed by atoms with Crippen molar-refractivity contribution >= 4 is 5.96 Å². The molecule has 2 N–H and O–H groups in total. The van der Waals surface area contributed by atoms with E-state index >= 15 is 0 Å². The van der Waals surface area contributed by atoms with Gasteiger partial charge in [0.2, 0.25) is 0 Å². The maximum atomic E-state index is 6.13. The van der Waals surface area contributed by atoms with E-state index in [2.05, 4.69) is 66.5 Å². The monoisotopic (exact) mass is 434 g/mol. The van der Waals surface area contributed by atoms with Gasteiger partial charge in [-0.15, -0.1) is 0 Å². The van der Waals surface area contributed by atoms with Crippen molar-refractivity contribution in [3.8, 4) is 11.6 Å². The number of ether oxygens (including phenoxy) is 1. The van der Waals surface area contributed by atoms with Gasteiger partial charge < -0.3 is 15.4 Å². The maximum Gasteiger partial charge on any atom is 0.191 e. The Balaban J connectivity index is 1.66. The average Bonchev–Trinajstić information content (AvgIpc) is 3.22. The van der Waals surface area contributed by atoms with Gasteiger partial charge in [0.25, 0.3) is 0 Å². The van der Waals surface area contributed by atoms with Crippen molar-refractivity contribution in [3.05, 3.63) is 71.4 Å². The number of aryl methyl sites for hydroxylation is 2. The van der Waals surface area contributed by atoms with Gasteiger partial charge in [0, 0.05) is 37.2 Å². The smallest absolute Gasteiger partial charge is 0.191 e. The molecule has 170 valence electrons. The molecule has 32 heavy (non-hydrogen) atoms. The van der Waals surface area contributed by atoms with Crippen LogP contribution in [0.2, 0.25) is 0 Å². The molecule has 0 amide bonds. The number of aromatic nitrogens is 3. The van der Waals surface area contributed by atoms with Crippen LogP contribution in [0.15, 0.2) is 53.9 Å². The van der Waals surface area contributed by atoms with E-state index in [4.69, 9.17) is 9.73 Å². The van der Waals surface area contributed by atoms with E-state index in [0.29, 0.717) is 13.1 Å². The molecule has 1 atom stereocenters. The van der Waals surface area contributed by atoms with Crippen LogP contribution in [0.4, 0.5) is 0 Å². The second-order valence-corrected chi connectivity index (χ2v) is 7.87. The summed E-state index contributed by atoms with van der Waals surface area (Å²) in [7, 11) is 0. The van der Waals surface area contributed by atoms with Crippen molar-refractivity contribution in [2.45, 2.75) is 60.2 Å². The van der Waals surface area contributed by atoms with E-state index in [1.807, 2.05) is 36.0 Å². The van der Waals surface area contributed by atoms with Crippen LogP contribution in [0.3, 0.4) is 0 Å². The lowest BCUT2D eigenvalue weighted by Gasteiger charge is -2.18. The first-order valence-electron chi connectivity index (χ1n) is 11.2. The predicted molar refractivity (Wildman–Crippen MR) is 129 cm³/mol. The minimum absolute atomic E-state index is 0.180. The van der Waals surface area contributed by atoms with Gasteiger partial charge >= 0.3 is 0 Å². The van der Waals surface area contributed by atoms with Crippen LogP contribution in [-0.2, 0) is 13.1 Å². The molecule has 0 saturated heterocycles. The summed E-state index contributed by atoms with van der Waals surface area (Å²) in [4.78, 5) is 13.5. The highest BCUT2D eigenvalue weighted by Crippen LogP contribution is 2.22. The normalized spacial score (nSPS) is 12.5. The molecule has 0 aliphatic rings. The molecule has 0 spiro atoms. The minimum Gasteiger partial charge on any atom is -0.490 e. The second kappa shape index (κ2) is 11.3. The van der Waals surface area contributed by atoms with E-state index in [-0.39, 0.29) is 6.10 Å². The number of nitrogens with one attached hydrogen (secondary N) is 2. The van der Waals surface area contributed by atoms with Crippen LogP contribution in [0.1, 0.15) is 49.7 Å². The predicted octanol–water partition coefficient (Wildman–Crippen LogP) is 4.32. The fourth-order valence-corrected chi connectivity index (χ4v) is 3.18. The number of rotatable bonds is 9. The lowest BCUT2D eigenvalue weighted by molar-refractivity contribution is 0.215. The molecule has 1 unspecified atom stereocenters. The molecule has 2 heterocycles. The van der Waals surface area contributed by atoms with Gasteiger partial charge in [-0.3, -0.25) is 4.57 Å².